The van der Waals surface area contributed by atoms with Crippen molar-refractivity contribution >= 4 is 23.3 Å². The Bertz CT molecular complexity index is 979. The number of hydrogen-bond donors (Lipinski definition) is 1. The van der Waals surface area contributed by atoms with E-state index in [1.807, 2.05) is 51.7 Å². The third-order valence-corrected chi connectivity index (χ3v) is 7.01. The van der Waals surface area contributed by atoms with Crippen molar-refractivity contribution in [3.8, 4) is 5.75 Å². The highest BCUT2D eigenvalue weighted by Gasteiger charge is 2.36. The maximum Gasteiger partial charge on any atom is 0.318 e. The first kappa shape index (κ1) is 25.1. The van der Waals surface area contributed by atoms with E-state index in [0.717, 1.165) is 29.7 Å². The second-order valence-electron chi connectivity index (χ2n) is 9.72. The molecule has 2 aromatic rings. The molecule has 33 heavy (non-hydrogen) atoms. The van der Waals surface area contributed by atoms with Gasteiger partial charge in [-0.1, -0.05) is 24.6 Å². The van der Waals surface area contributed by atoms with Gasteiger partial charge in [-0.3, -0.25) is 4.79 Å². The lowest BCUT2D eigenvalue weighted by molar-refractivity contribution is -0.136. The highest BCUT2D eigenvalue weighted by molar-refractivity contribution is 7.10. The summed E-state index contributed by atoms with van der Waals surface area (Å²) in [6.07, 6.45) is 1.68. The molecule has 0 aliphatic carbocycles. The number of ether oxygens (including phenoxy) is 1. The smallest absolute Gasteiger partial charge is 0.318 e. The summed E-state index contributed by atoms with van der Waals surface area (Å²) in [5.74, 6) is 0.785. The van der Waals surface area contributed by atoms with Crippen LogP contribution in [0.2, 0.25) is 0 Å². The van der Waals surface area contributed by atoms with Crippen LogP contribution in [0.15, 0.2) is 29.6 Å². The topological polar surface area (TPSA) is 61.9 Å². The molecule has 1 aromatic carbocycles. The maximum absolute atomic E-state index is 13.6. The van der Waals surface area contributed by atoms with Crippen LogP contribution in [-0.4, -0.2) is 53.5 Å². The van der Waals surface area contributed by atoms with E-state index in [-0.39, 0.29) is 24.5 Å². The summed E-state index contributed by atoms with van der Waals surface area (Å²) in [5.41, 5.74) is 2.96. The predicted octanol–water partition coefficient (Wildman–Crippen LogP) is 5.09. The molecule has 0 spiro atoms. The highest BCUT2D eigenvalue weighted by Crippen LogP contribution is 2.34. The molecule has 0 saturated carbocycles. The number of benzene rings is 1. The van der Waals surface area contributed by atoms with E-state index in [4.69, 9.17) is 4.74 Å². The van der Waals surface area contributed by atoms with Gasteiger partial charge in [0.1, 0.15) is 18.9 Å². The minimum Gasteiger partial charge on any atom is -0.491 e. The van der Waals surface area contributed by atoms with Crippen molar-refractivity contribution < 1.29 is 14.3 Å². The van der Waals surface area contributed by atoms with Gasteiger partial charge in [0.05, 0.1) is 6.04 Å². The number of nitrogens with zero attached hydrogens (tertiary/aromatic N) is 2. The van der Waals surface area contributed by atoms with Crippen molar-refractivity contribution in [2.45, 2.75) is 66.0 Å². The second-order valence-corrected chi connectivity index (χ2v) is 10.7. The van der Waals surface area contributed by atoms with Crippen molar-refractivity contribution in [2.24, 2.45) is 0 Å². The van der Waals surface area contributed by atoms with Crippen molar-refractivity contribution in [2.75, 3.05) is 26.2 Å². The van der Waals surface area contributed by atoms with E-state index < -0.39 is 5.54 Å². The van der Waals surface area contributed by atoms with Crippen molar-refractivity contribution in [1.82, 2.24) is 15.1 Å². The predicted molar refractivity (Wildman–Crippen MR) is 134 cm³/mol. The molecule has 180 valence electrons. The molecule has 3 amide bonds. The highest BCUT2D eigenvalue weighted by atomic mass is 32.1. The molecule has 0 saturated heterocycles. The number of amides is 3. The summed E-state index contributed by atoms with van der Waals surface area (Å²) < 4.78 is 6.23. The molecule has 1 aliphatic heterocycles. The largest absolute Gasteiger partial charge is 0.491 e. The van der Waals surface area contributed by atoms with E-state index in [2.05, 4.69) is 29.8 Å². The van der Waals surface area contributed by atoms with Crippen LogP contribution in [0.3, 0.4) is 0 Å². The zero-order chi connectivity index (χ0) is 24.2. The number of carbonyl (C=O) groups is 2. The van der Waals surface area contributed by atoms with Gasteiger partial charge in [0.2, 0.25) is 5.91 Å². The van der Waals surface area contributed by atoms with Crippen molar-refractivity contribution in [3.63, 3.8) is 0 Å². The zero-order valence-electron chi connectivity index (χ0n) is 20.7. The molecule has 0 fully saturated rings. The molecule has 3 rings (SSSR count). The lowest BCUT2D eigenvalue weighted by Crippen LogP contribution is -2.55. The summed E-state index contributed by atoms with van der Waals surface area (Å²) in [7, 11) is 0. The molecule has 1 atom stereocenters. The van der Waals surface area contributed by atoms with Gasteiger partial charge in [-0.25, -0.2) is 4.79 Å². The normalized spacial score (nSPS) is 15.7. The van der Waals surface area contributed by atoms with E-state index in [9.17, 15) is 9.59 Å². The van der Waals surface area contributed by atoms with E-state index >= 15 is 0 Å². The molecule has 6 nitrogen and oxygen atoms in total. The van der Waals surface area contributed by atoms with Crippen LogP contribution in [0.4, 0.5) is 4.79 Å². The average Bonchev–Trinajstić information content (AvgIpc) is 3.23. The number of carbonyl (C=O) groups excluding carboxylic acids is 2. The van der Waals surface area contributed by atoms with Crippen LogP contribution in [0.5, 0.6) is 5.75 Å². The fourth-order valence-corrected chi connectivity index (χ4v) is 5.10. The minimum atomic E-state index is -0.470. The monoisotopic (exact) mass is 471 g/mol. The Hall–Kier alpha value is -2.54. The molecule has 0 bridgehead atoms. The summed E-state index contributed by atoms with van der Waals surface area (Å²) in [4.78, 5) is 31.2. The van der Waals surface area contributed by atoms with Gasteiger partial charge >= 0.3 is 6.03 Å². The molecule has 0 unspecified atom stereocenters. The third-order valence-electron chi connectivity index (χ3n) is 6.02. The Morgan fingerprint density at radius 1 is 1.24 bits per heavy atom. The van der Waals surface area contributed by atoms with Crippen LogP contribution in [0.1, 0.15) is 61.7 Å². The molecule has 2 heterocycles. The SMILES string of the molecule is CCCNC(=O)N(CC(=O)N1CCc2sccc2[C@H]1COc1ccc(C)cc1C)C(C)(C)C. The van der Waals surface area contributed by atoms with E-state index in [1.165, 1.54) is 10.4 Å². The van der Waals surface area contributed by atoms with Crippen molar-refractivity contribution in [1.29, 1.82) is 0 Å². The first-order valence-electron chi connectivity index (χ1n) is 11.7. The quantitative estimate of drug-likeness (QED) is 0.612. The molecular formula is C26H37N3O3S. The number of fused-ring (bicyclic) bond motifs is 1. The van der Waals surface area contributed by atoms with Crippen LogP contribution in [-0.2, 0) is 11.2 Å². The van der Waals surface area contributed by atoms with Crippen LogP contribution in [0, 0.1) is 13.8 Å². The van der Waals surface area contributed by atoms with E-state index in [1.54, 1.807) is 16.2 Å². The van der Waals surface area contributed by atoms with E-state index in [0.29, 0.717) is 19.7 Å². The second kappa shape index (κ2) is 10.6. The number of hydrogen-bond acceptors (Lipinski definition) is 4. The molecule has 1 N–H and O–H groups in total. The number of rotatable bonds is 7. The zero-order valence-corrected chi connectivity index (χ0v) is 21.6. The van der Waals surface area contributed by atoms with Gasteiger partial charge in [0.25, 0.3) is 0 Å². The van der Waals surface area contributed by atoms with Gasteiger partial charge in [0, 0.05) is 23.5 Å². The van der Waals surface area contributed by atoms with Crippen LogP contribution in [0.25, 0.3) is 0 Å². The fraction of sp³-hybridized carbons (Fsp3) is 0.538. The average molecular weight is 472 g/mol. The number of aryl methyl sites for hydroxylation is 2. The fourth-order valence-electron chi connectivity index (χ4n) is 4.17. The lowest BCUT2D eigenvalue weighted by atomic mass is 10.00. The summed E-state index contributed by atoms with van der Waals surface area (Å²) in [6.45, 7) is 13.6. The minimum absolute atomic E-state index is 0.0403. The van der Waals surface area contributed by atoms with Crippen LogP contribution < -0.4 is 10.1 Å². The summed E-state index contributed by atoms with van der Waals surface area (Å²) in [5, 5.41) is 5.01. The molecule has 0 radical (unpaired) electrons. The van der Waals surface area contributed by atoms with Gasteiger partial charge in [0.15, 0.2) is 0 Å². The third kappa shape index (κ3) is 6.08. The Kier molecular flexibility index (Phi) is 8.05. The Balaban J connectivity index is 1.80. The lowest BCUT2D eigenvalue weighted by Gasteiger charge is -2.40. The number of thiophene rings is 1. The Morgan fingerprint density at radius 3 is 2.67 bits per heavy atom. The number of nitrogens with one attached hydrogen (secondary N) is 1. The molecule has 1 aromatic heterocycles. The standard InChI is InChI=1S/C26H37N3O3S/c1-7-12-27-25(31)29(26(4,5)6)16-24(30)28-13-10-23-20(11-14-33-23)21(28)17-32-22-9-8-18(2)15-19(22)3/h8-9,11,14-15,21H,7,10,12-13,16-17H2,1-6H3,(H,27,31)/t21-/m1/s1. The first-order chi connectivity index (χ1) is 15.6. The molecule has 7 heteroatoms. The van der Waals surface area contributed by atoms with Crippen LogP contribution >= 0.6 is 11.3 Å². The Morgan fingerprint density at radius 2 is 2.00 bits per heavy atom. The molecule has 1 aliphatic rings. The maximum atomic E-state index is 13.6. The Labute approximate surface area is 201 Å². The summed E-state index contributed by atoms with van der Waals surface area (Å²) in [6, 6.07) is 7.87. The number of urea groups is 1. The van der Waals surface area contributed by atoms with Gasteiger partial charge in [-0.15, -0.1) is 11.3 Å². The van der Waals surface area contributed by atoms with Gasteiger partial charge in [-0.2, -0.15) is 0 Å². The van der Waals surface area contributed by atoms with Crippen molar-refractivity contribution in [3.05, 3.63) is 51.2 Å². The first-order valence-corrected chi connectivity index (χ1v) is 12.6. The summed E-state index contributed by atoms with van der Waals surface area (Å²) >= 11 is 1.73. The van der Waals surface area contributed by atoms with Gasteiger partial charge in [-0.05, 0) is 76.1 Å². The van der Waals surface area contributed by atoms with Gasteiger partial charge < -0.3 is 19.9 Å². The molecular weight excluding hydrogens is 434 g/mol.